The van der Waals surface area contributed by atoms with Crippen LogP contribution in [-0.2, 0) is 6.54 Å². The first-order valence-electron chi connectivity index (χ1n) is 8.42. The standard InChI is InChI=1S/C20H20N4O2S/c1-3-11-25-17-6-4-5-16(12-17)22-20(27)21-13-18-23-19(24-26-18)15-9-7-14(2)8-10-15/h3-10,12H,1,11,13H2,2H3,(H2,21,22,27). The van der Waals surface area contributed by atoms with E-state index in [1.807, 2.05) is 55.5 Å². The Hall–Kier alpha value is -3.19. The van der Waals surface area contributed by atoms with E-state index < -0.39 is 0 Å². The SMILES string of the molecule is C=CCOc1cccc(NC(=S)NCc2nc(-c3ccc(C)cc3)no2)c1. The number of nitrogens with one attached hydrogen (secondary N) is 2. The van der Waals surface area contributed by atoms with Gasteiger partial charge in [-0.3, -0.25) is 0 Å². The lowest BCUT2D eigenvalue weighted by Gasteiger charge is -2.10. The van der Waals surface area contributed by atoms with Crippen LogP contribution in [0.2, 0.25) is 0 Å². The van der Waals surface area contributed by atoms with Gasteiger partial charge in [0.25, 0.3) is 0 Å². The molecule has 0 bridgehead atoms. The maximum Gasteiger partial charge on any atom is 0.246 e. The Bertz CT molecular complexity index is 922. The highest BCUT2D eigenvalue weighted by Crippen LogP contribution is 2.18. The molecule has 0 atom stereocenters. The zero-order valence-electron chi connectivity index (χ0n) is 14.9. The van der Waals surface area contributed by atoms with E-state index in [0.717, 1.165) is 17.0 Å². The third-order valence-corrected chi connectivity index (χ3v) is 3.88. The van der Waals surface area contributed by atoms with Crippen LogP contribution in [-0.4, -0.2) is 21.9 Å². The van der Waals surface area contributed by atoms with Crippen molar-refractivity contribution in [1.29, 1.82) is 0 Å². The highest BCUT2D eigenvalue weighted by atomic mass is 32.1. The van der Waals surface area contributed by atoms with Gasteiger partial charge in [-0.1, -0.05) is 53.7 Å². The van der Waals surface area contributed by atoms with Gasteiger partial charge in [-0.05, 0) is 31.3 Å². The summed E-state index contributed by atoms with van der Waals surface area (Å²) in [6, 6.07) is 15.5. The maximum atomic E-state index is 5.50. The van der Waals surface area contributed by atoms with Crippen molar-refractivity contribution < 1.29 is 9.26 Å². The fraction of sp³-hybridized carbons (Fsp3) is 0.150. The van der Waals surface area contributed by atoms with Gasteiger partial charge < -0.3 is 19.9 Å². The molecule has 1 aromatic heterocycles. The minimum absolute atomic E-state index is 0.331. The second kappa shape index (κ2) is 8.95. The molecule has 138 valence electrons. The van der Waals surface area contributed by atoms with Crippen LogP contribution < -0.4 is 15.4 Å². The van der Waals surface area contributed by atoms with Crippen molar-refractivity contribution in [2.24, 2.45) is 0 Å². The van der Waals surface area contributed by atoms with Gasteiger partial charge in [0.2, 0.25) is 11.7 Å². The Balaban J connectivity index is 1.53. The highest BCUT2D eigenvalue weighted by molar-refractivity contribution is 7.80. The molecule has 0 radical (unpaired) electrons. The molecule has 0 spiro atoms. The zero-order chi connectivity index (χ0) is 19.1. The van der Waals surface area contributed by atoms with Gasteiger partial charge in [0.15, 0.2) is 5.11 Å². The summed E-state index contributed by atoms with van der Waals surface area (Å²) in [5.41, 5.74) is 2.91. The van der Waals surface area contributed by atoms with E-state index in [1.165, 1.54) is 5.56 Å². The molecule has 0 saturated carbocycles. The molecule has 0 amide bonds. The smallest absolute Gasteiger partial charge is 0.246 e. The number of ether oxygens (including phenoxy) is 1. The lowest BCUT2D eigenvalue weighted by Crippen LogP contribution is -2.28. The van der Waals surface area contributed by atoms with E-state index in [0.29, 0.717) is 30.0 Å². The number of hydrogen-bond donors (Lipinski definition) is 2. The largest absolute Gasteiger partial charge is 0.489 e. The Morgan fingerprint density at radius 2 is 2.07 bits per heavy atom. The van der Waals surface area contributed by atoms with Crippen LogP contribution in [0.3, 0.4) is 0 Å². The number of thiocarbonyl (C=S) groups is 1. The van der Waals surface area contributed by atoms with Crippen molar-refractivity contribution in [1.82, 2.24) is 15.5 Å². The molecule has 0 saturated heterocycles. The fourth-order valence-electron chi connectivity index (χ4n) is 2.30. The molecular weight excluding hydrogens is 360 g/mol. The summed E-state index contributed by atoms with van der Waals surface area (Å²) in [6.07, 6.45) is 1.70. The molecule has 2 aromatic carbocycles. The molecule has 6 nitrogen and oxygen atoms in total. The summed E-state index contributed by atoms with van der Waals surface area (Å²) in [6.45, 7) is 6.45. The molecule has 7 heteroatoms. The number of aromatic nitrogens is 2. The van der Waals surface area contributed by atoms with Crippen molar-refractivity contribution in [3.8, 4) is 17.1 Å². The van der Waals surface area contributed by atoms with E-state index in [2.05, 4.69) is 27.4 Å². The molecule has 3 aromatic rings. The van der Waals surface area contributed by atoms with Crippen molar-refractivity contribution in [2.45, 2.75) is 13.5 Å². The van der Waals surface area contributed by atoms with Crippen LogP contribution in [0.4, 0.5) is 5.69 Å². The van der Waals surface area contributed by atoms with Gasteiger partial charge in [-0.15, -0.1) is 0 Å². The van der Waals surface area contributed by atoms with Gasteiger partial charge in [-0.2, -0.15) is 4.98 Å². The van der Waals surface area contributed by atoms with Crippen LogP contribution in [0.5, 0.6) is 5.75 Å². The van der Waals surface area contributed by atoms with Crippen molar-refractivity contribution in [2.75, 3.05) is 11.9 Å². The normalized spacial score (nSPS) is 10.3. The predicted octanol–water partition coefficient (Wildman–Crippen LogP) is 4.10. The zero-order valence-corrected chi connectivity index (χ0v) is 15.8. The molecule has 2 N–H and O–H groups in total. The van der Waals surface area contributed by atoms with Gasteiger partial charge in [0.1, 0.15) is 12.4 Å². The second-order valence-corrected chi connectivity index (χ2v) is 6.22. The average Bonchev–Trinajstić information content (AvgIpc) is 3.15. The summed E-state index contributed by atoms with van der Waals surface area (Å²) >= 11 is 5.31. The quantitative estimate of drug-likeness (QED) is 0.472. The number of hydrogen-bond acceptors (Lipinski definition) is 5. The topological polar surface area (TPSA) is 72.2 Å². The maximum absolute atomic E-state index is 5.50. The molecule has 1 heterocycles. The molecule has 27 heavy (non-hydrogen) atoms. The van der Waals surface area contributed by atoms with Crippen LogP contribution in [0.25, 0.3) is 11.4 Å². The van der Waals surface area contributed by atoms with Gasteiger partial charge in [0.05, 0.1) is 6.54 Å². The first kappa shape index (κ1) is 18.6. The molecule has 0 aliphatic rings. The Labute approximate surface area is 163 Å². The third-order valence-electron chi connectivity index (χ3n) is 3.64. The summed E-state index contributed by atoms with van der Waals surface area (Å²) in [4.78, 5) is 4.38. The number of anilines is 1. The molecule has 0 fully saturated rings. The van der Waals surface area contributed by atoms with Crippen molar-refractivity contribution >= 4 is 23.0 Å². The molecular formula is C20H20N4O2S. The third kappa shape index (κ3) is 5.39. The number of benzene rings is 2. The van der Waals surface area contributed by atoms with E-state index >= 15 is 0 Å². The van der Waals surface area contributed by atoms with Crippen molar-refractivity contribution in [3.05, 3.63) is 72.6 Å². The first-order chi connectivity index (χ1) is 13.1. The van der Waals surface area contributed by atoms with Crippen molar-refractivity contribution in [3.63, 3.8) is 0 Å². The van der Waals surface area contributed by atoms with Gasteiger partial charge in [-0.25, -0.2) is 0 Å². The second-order valence-electron chi connectivity index (χ2n) is 5.81. The summed E-state index contributed by atoms with van der Waals surface area (Å²) < 4.78 is 10.8. The Morgan fingerprint density at radius 1 is 1.26 bits per heavy atom. The summed E-state index contributed by atoms with van der Waals surface area (Å²) in [5, 5.41) is 10.6. The number of aryl methyl sites for hydroxylation is 1. The van der Waals surface area contributed by atoms with E-state index in [-0.39, 0.29) is 0 Å². The van der Waals surface area contributed by atoms with Crippen LogP contribution in [0, 0.1) is 6.92 Å². The number of nitrogens with zero attached hydrogens (tertiary/aromatic N) is 2. The molecule has 0 aliphatic heterocycles. The lowest BCUT2D eigenvalue weighted by molar-refractivity contribution is 0.363. The summed E-state index contributed by atoms with van der Waals surface area (Å²) in [5.74, 6) is 1.75. The van der Waals surface area contributed by atoms with Crippen LogP contribution in [0.1, 0.15) is 11.5 Å². The van der Waals surface area contributed by atoms with Gasteiger partial charge >= 0.3 is 0 Å². The van der Waals surface area contributed by atoms with Crippen LogP contribution in [0.15, 0.2) is 65.7 Å². The molecule has 3 rings (SSSR count). The predicted molar refractivity (Wildman–Crippen MR) is 110 cm³/mol. The highest BCUT2D eigenvalue weighted by Gasteiger charge is 2.09. The first-order valence-corrected chi connectivity index (χ1v) is 8.83. The van der Waals surface area contributed by atoms with Gasteiger partial charge in [0, 0.05) is 17.3 Å². The molecule has 0 unspecified atom stereocenters. The summed E-state index contributed by atoms with van der Waals surface area (Å²) in [7, 11) is 0. The fourth-order valence-corrected chi connectivity index (χ4v) is 2.49. The Kier molecular flexibility index (Phi) is 6.17. The van der Waals surface area contributed by atoms with Crippen LogP contribution >= 0.6 is 12.2 Å². The van der Waals surface area contributed by atoms with E-state index in [1.54, 1.807) is 6.08 Å². The minimum atomic E-state index is 0.331. The minimum Gasteiger partial charge on any atom is -0.489 e. The Morgan fingerprint density at radius 3 is 2.85 bits per heavy atom. The van der Waals surface area contributed by atoms with E-state index in [9.17, 15) is 0 Å². The lowest BCUT2D eigenvalue weighted by atomic mass is 10.1. The monoisotopic (exact) mass is 380 g/mol. The number of rotatable bonds is 7. The molecule has 0 aliphatic carbocycles. The van der Waals surface area contributed by atoms with E-state index in [4.69, 9.17) is 21.5 Å². The average molecular weight is 380 g/mol.